The standard InChI is InChI=1S/C4H5NS2/c1-3(6)4(7)2-5/h6-7H,1H3. The van der Waals surface area contributed by atoms with Crippen molar-refractivity contribution in [2.75, 3.05) is 0 Å². The smallest absolute Gasteiger partial charge is 0.107 e. The first kappa shape index (κ1) is 6.93. The molecule has 0 aromatic rings. The summed E-state index contributed by atoms with van der Waals surface area (Å²) in [5.74, 6) is 0. The van der Waals surface area contributed by atoms with Crippen molar-refractivity contribution in [1.82, 2.24) is 0 Å². The summed E-state index contributed by atoms with van der Waals surface area (Å²) in [6.45, 7) is 1.72. The first-order chi connectivity index (χ1) is 3.18. The number of nitrogens with zero attached hydrogens (tertiary/aromatic N) is 1. The Kier molecular flexibility index (Phi) is 2.97. The Morgan fingerprint density at radius 2 is 2.00 bits per heavy atom. The molecule has 1 nitrogen and oxygen atoms in total. The van der Waals surface area contributed by atoms with Gasteiger partial charge in [0.2, 0.25) is 0 Å². The van der Waals surface area contributed by atoms with E-state index in [9.17, 15) is 0 Å². The van der Waals surface area contributed by atoms with Crippen molar-refractivity contribution in [3.63, 3.8) is 0 Å². The molecule has 0 aromatic heterocycles. The normalized spacial score (nSPS) is 12.3. The van der Waals surface area contributed by atoms with Gasteiger partial charge in [-0.3, -0.25) is 0 Å². The zero-order valence-electron chi connectivity index (χ0n) is 3.84. The summed E-state index contributed by atoms with van der Waals surface area (Å²) in [6.07, 6.45) is 0. The summed E-state index contributed by atoms with van der Waals surface area (Å²) in [4.78, 5) is 1.04. The van der Waals surface area contributed by atoms with Crippen LogP contribution in [-0.2, 0) is 0 Å². The van der Waals surface area contributed by atoms with E-state index in [2.05, 4.69) is 25.3 Å². The fourth-order valence-electron chi connectivity index (χ4n) is 0.0809. The van der Waals surface area contributed by atoms with Crippen molar-refractivity contribution in [3.05, 3.63) is 9.81 Å². The SMILES string of the molecule is CC(S)=C(S)C#N. The van der Waals surface area contributed by atoms with Crippen molar-refractivity contribution >= 4 is 25.3 Å². The average molecular weight is 131 g/mol. The molecule has 0 saturated heterocycles. The van der Waals surface area contributed by atoms with Gasteiger partial charge in [0, 0.05) is 4.91 Å². The topological polar surface area (TPSA) is 23.8 Å². The van der Waals surface area contributed by atoms with E-state index in [1.165, 1.54) is 0 Å². The predicted octanol–water partition coefficient (Wildman–Crippen LogP) is 1.60. The van der Waals surface area contributed by atoms with E-state index in [1.807, 2.05) is 6.07 Å². The molecular weight excluding hydrogens is 126 g/mol. The maximum atomic E-state index is 8.07. The van der Waals surface area contributed by atoms with E-state index in [0.717, 1.165) is 0 Å². The van der Waals surface area contributed by atoms with Gasteiger partial charge in [-0.2, -0.15) is 5.26 Å². The molecule has 0 aromatic carbocycles. The molecule has 0 saturated carbocycles. The third-order valence-electron chi connectivity index (χ3n) is 0.449. The first-order valence-corrected chi connectivity index (χ1v) is 2.57. The average Bonchev–Trinajstić information content (AvgIpc) is 1.65. The highest BCUT2D eigenvalue weighted by Crippen LogP contribution is 2.08. The second kappa shape index (κ2) is 3.00. The molecule has 0 spiro atoms. The molecule has 0 radical (unpaired) electrons. The number of hydrogen-bond donors (Lipinski definition) is 2. The molecular formula is C4H5NS2. The van der Waals surface area contributed by atoms with Crippen molar-refractivity contribution in [3.8, 4) is 6.07 Å². The Hall–Kier alpha value is -0.0700. The van der Waals surface area contributed by atoms with E-state index in [-0.39, 0.29) is 0 Å². The van der Waals surface area contributed by atoms with Crippen molar-refractivity contribution in [1.29, 1.82) is 5.26 Å². The second-order valence-electron chi connectivity index (χ2n) is 1.05. The second-order valence-corrected chi connectivity index (χ2v) is 2.16. The van der Waals surface area contributed by atoms with Crippen molar-refractivity contribution in [2.45, 2.75) is 6.92 Å². The first-order valence-electron chi connectivity index (χ1n) is 1.67. The van der Waals surface area contributed by atoms with Gasteiger partial charge in [-0.05, 0) is 6.92 Å². The van der Waals surface area contributed by atoms with Gasteiger partial charge in [-0.25, -0.2) is 0 Å². The summed E-state index contributed by atoms with van der Waals surface area (Å²) in [5.41, 5.74) is 0. The molecule has 0 aliphatic carbocycles. The summed E-state index contributed by atoms with van der Waals surface area (Å²) in [5, 5.41) is 8.07. The summed E-state index contributed by atoms with van der Waals surface area (Å²) in [7, 11) is 0. The molecule has 0 atom stereocenters. The van der Waals surface area contributed by atoms with Crippen LogP contribution in [0, 0.1) is 11.3 Å². The molecule has 3 heteroatoms. The molecule has 0 rings (SSSR count). The molecule has 0 heterocycles. The molecule has 0 unspecified atom stereocenters. The third kappa shape index (κ3) is 2.60. The minimum atomic E-state index is 0.378. The van der Waals surface area contributed by atoms with Crippen LogP contribution in [0.1, 0.15) is 6.92 Å². The van der Waals surface area contributed by atoms with Gasteiger partial charge in [0.25, 0.3) is 0 Å². The quantitative estimate of drug-likeness (QED) is 0.378. The number of thiol groups is 2. The van der Waals surface area contributed by atoms with Gasteiger partial charge < -0.3 is 0 Å². The van der Waals surface area contributed by atoms with E-state index < -0.39 is 0 Å². The molecule has 7 heavy (non-hydrogen) atoms. The lowest BCUT2D eigenvalue weighted by molar-refractivity contribution is 1.51. The largest absolute Gasteiger partial charge is 0.192 e. The highest BCUT2D eigenvalue weighted by atomic mass is 32.1. The molecule has 0 fully saturated rings. The van der Waals surface area contributed by atoms with Crippen LogP contribution in [0.2, 0.25) is 0 Å². The van der Waals surface area contributed by atoms with Crippen LogP contribution in [0.4, 0.5) is 0 Å². The number of nitriles is 1. The minimum Gasteiger partial charge on any atom is -0.192 e. The van der Waals surface area contributed by atoms with Crippen LogP contribution in [0.15, 0.2) is 9.81 Å². The van der Waals surface area contributed by atoms with E-state index in [0.29, 0.717) is 9.81 Å². The summed E-state index contributed by atoms with van der Waals surface area (Å²) >= 11 is 7.62. The van der Waals surface area contributed by atoms with Crippen LogP contribution in [0.25, 0.3) is 0 Å². The van der Waals surface area contributed by atoms with Crippen LogP contribution in [0.3, 0.4) is 0 Å². The molecule has 0 amide bonds. The number of rotatable bonds is 0. The van der Waals surface area contributed by atoms with Crippen LogP contribution in [-0.4, -0.2) is 0 Å². The van der Waals surface area contributed by atoms with E-state index in [4.69, 9.17) is 5.26 Å². The van der Waals surface area contributed by atoms with Crippen molar-refractivity contribution < 1.29 is 0 Å². The Balaban J connectivity index is 4.07. The van der Waals surface area contributed by atoms with E-state index in [1.54, 1.807) is 6.92 Å². The summed E-state index contributed by atoms with van der Waals surface area (Å²) < 4.78 is 0. The Labute approximate surface area is 53.8 Å². The van der Waals surface area contributed by atoms with Gasteiger partial charge in [0.1, 0.15) is 6.07 Å². The Bertz CT molecular complexity index is 127. The van der Waals surface area contributed by atoms with Crippen LogP contribution < -0.4 is 0 Å². The fraction of sp³-hybridized carbons (Fsp3) is 0.250. The lowest BCUT2D eigenvalue weighted by atomic mass is 10.5. The highest BCUT2D eigenvalue weighted by Gasteiger charge is 1.85. The van der Waals surface area contributed by atoms with Gasteiger partial charge in [0.15, 0.2) is 0 Å². The van der Waals surface area contributed by atoms with Gasteiger partial charge >= 0.3 is 0 Å². The lowest BCUT2D eigenvalue weighted by Crippen LogP contribution is -1.63. The fourth-order valence-corrected chi connectivity index (χ4v) is 0.131. The number of allylic oxidation sites excluding steroid dienone is 2. The van der Waals surface area contributed by atoms with Crippen LogP contribution >= 0.6 is 25.3 Å². The molecule has 0 N–H and O–H groups in total. The zero-order chi connectivity index (χ0) is 5.86. The Morgan fingerprint density at radius 3 is 2.00 bits per heavy atom. The van der Waals surface area contributed by atoms with Gasteiger partial charge in [-0.1, -0.05) is 0 Å². The maximum absolute atomic E-state index is 8.07. The predicted molar refractivity (Wildman–Crippen MR) is 36.3 cm³/mol. The molecule has 0 aliphatic heterocycles. The third-order valence-corrected chi connectivity index (χ3v) is 1.28. The molecule has 0 bridgehead atoms. The lowest BCUT2D eigenvalue weighted by Gasteiger charge is -1.82. The summed E-state index contributed by atoms with van der Waals surface area (Å²) in [6, 6.07) is 1.83. The highest BCUT2D eigenvalue weighted by molar-refractivity contribution is 7.88. The molecule has 38 valence electrons. The molecule has 0 aliphatic rings. The zero-order valence-corrected chi connectivity index (χ0v) is 5.63. The van der Waals surface area contributed by atoms with Crippen LogP contribution in [0.5, 0.6) is 0 Å². The monoisotopic (exact) mass is 131 g/mol. The Morgan fingerprint density at radius 1 is 1.57 bits per heavy atom. The van der Waals surface area contributed by atoms with Crippen molar-refractivity contribution in [2.24, 2.45) is 0 Å². The van der Waals surface area contributed by atoms with Gasteiger partial charge in [0.05, 0.1) is 4.91 Å². The minimum absolute atomic E-state index is 0.378. The van der Waals surface area contributed by atoms with E-state index >= 15 is 0 Å². The van der Waals surface area contributed by atoms with Gasteiger partial charge in [-0.15, -0.1) is 25.3 Å². The number of hydrogen-bond acceptors (Lipinski definition) is 3. The maximum Gasteiger partial charge on any atom is 0.107 e.